The van der Waals surface area contributed by atoms with Crippen molar-refractivity contribution in [2.24, 2.45) is 0 Å². The molecule has 1 aromatic rings. The maximum absolute atomic E-state index is 12.8. The van der Waals surface area contributed by atoms with Crippen molar-refractivity contribution < 1.29 is 24.2 Å². The van der Waals surface area contributed by atoms with Crippen molar-refractivity contribution in [3.63, 3.8) is 0 Å². The summed E-state index contributed by atoms with van der Waals surface area (Å²) in [7, 11) is 0. The van der Waals surface area contributed by atoms with Gasteiger partial charge >= 0.3 is 11.9 Å². The number of ether oxygens (including phenoxy) is 2. The second-order valence-corrected chi connectivity index (χ2v) is 16.9. The average Bonchev–Trinajstić information content (AvgIpc) is 3.68. The Morgan fingerprint density at radius 3 is 1.53 bits per heavy atom. The number of esters is 2. The number of nitrogens with zero attached hydrogens (tertiary/aromatic N) is 4. The molecule has 0 radical (unpaired) electrons. The van der Waals surface area contributed by atoms with E-state index >= 15 is 0 Å². The van der Waals surface area contributed by atoms with Crippen LogP contribution in [0.3, 0.4) is 0 Å². The van der Waals surface area contributed by atoms with Gasteiger partial charge in [-0.05, 0) is 83.8 Å². The molecule has 1 aromatic heterocycles. The molecule has 1 N–H and O–H groups in total. The van der Waals surface area contributed by atoms with E-state index in [0.717, 1.165) is 96.8 Å². The number of aromatic nitrogens is 3. The Balaban J connectivity index is 2.31. The van der Waals surface area contributed by atoms with E-state index in [0.29, 0.717) is 25.1 Å². The third-order valence-corrected chi connectivity index (χ3v) is 11.4. The molecule has 9 heteroatoms. The molecule has 1 heterocycles. The second-order valence-electron chi connectivity index (χ2n) is 16.9. The van der Waals surface area contributed by atoms with Crippen LogP contribution in [0.5, 0.6) is 0 Å². The Hall–Kier alpha value is -2.00. The molecule has 1 rings (SSSR count). The number of aliphatic hydroxyl groups is 1. The number of hydrogen-bond donors (Lipinski definition) is 1. The molecule has 0 amide bonds. The summed E-state index contributed by atoms with van der Waals surface area (Å²) in [4.78, 5) is 27.5. The van der Waals surface area contributed by atoms with Crippen LogP contribution in [0, 0.1) is 0 Å². The fourth-order valence-electron chi connectivity index (χ4n) is 7.71. The van der Waals surface area contributed by atoms with Crippen molar-refractivity contribution in [2.45, 2.75) is 258 Å². The molecule has 0 aliphatic carbocycles. The lowest BCUT2D eigenvalue weighted by atomic mass is 10.0. The highest BCUT2D eigenvalue weighted by molar-refractivity contribution is 5.69. The van der Waals surface area contributed by atoms with Gasteiger partial charge in [-0.25, -0.2) is 0 Å². The standard InChI is InChI=1S/C48H92N4O5/c1-4-7-10-13-16-25-32-42-56-47(54)36-28-21-17-23-30-38-51(40-33-41-52-43-45(44-53)49-50-52)39-31-24-18-22-29-37-48(55)57-46(34-26-19-14-11-8-5-2)35-27-20-15-12-9-6-3/h43,46,53H,4-42,44H2,1-3H3. The molecule has 0 saturated heterocycles. The molecular weight excluding hydrogens is 713 g/mol. The van der Waals surface area contributed by atoms with Crippen LogP contribution < -0.4 is 0 Å². The van der Waals surface area contributed by atoms with Crippen LogP contribution in [0.25, 0.3) is 0 Å². The van der Waals surface area contributed by atoms with Crippen molar-refractivity contribution in [1.29, 1.82) is 0 Å². The Labute approximate surface area is 351 Å². The molecule has 0 spiro atoms. The van der Waals surface area contributed by atoms with Gasteiger partial charge in [-0.15, -0.1) is 5.10 Å². The molecule has 0 bridgehead atoms. The summed E-state index contributed by atoms with van der Waals surface area (Å²) in [5.74, 6) is -0.0165. The van der Waals surface area contributed by atoms with Crippen LogP contribution in [0.4, 0.5) is 0 Å². The fourth-order valence-corrected chi connectivity index (χ4v) is 7.71. The quantitative estimate of drug-likeness (QED) is 0.0513. The molecule has 334 valence electrons. The minimum absolute atomic E-state index is 0.0142. The van der Waals surface area contributed by atoms with Crippen LogP contribution in [0.2, 0.25) is 0 Å². The van der Waals surface area contributed by atoms with Gasteiger partial charge in [-0.3, -0.25) is 14.3 Å². The first kappa shape index (κ1) is 53.0. The molecular formula is C48H92N4O5. The van der Waals surface area contributed by atoms with E-state index in [1.807, 2.05) is 10.9 Å². The van der Waals surface area contributed by atoms with Gasteiger partial charge in [-0.2, -0.15) is 0 Å². The Morgan fingerprint density at radius 1 is 0.579 bits per heavy atom. The number of aryl methyl sites for hydroxylation is 1. The van der Waals surface area contributed by atoms with Gasteiger partial charge in [-0.1, -0.05) is 167 Å². The molecule has 0 aliphatic rings. The van der Waals surface area contributed by atoms with E-state index in [1.165, 1.54) is 135 Å². The van der Waals surface area contributed by atoms with Crippen LogP contribution in [0.1, 0.15) is 245 Å². The van der Waals surface area contributed by atoms with E-state index < -0.39 is 0 Å². The van der Waals surface area contributed by atoms with Crippen molar-refractivity contribution in [1.82, 2.24) is 19.9 Å². The molecule has 0 aromatic carbocycles. The summed E-state index contributed by atoms with van der Waals surface area (Å²) in [5, 5.41) is 17.5. The number of rotatable bonds is 44. The highest BCUT2D eigenvalue weighted by Crippen LogP contribution is 2.19. The topological polar surface area (TPSA) is 107 Å². The maximum atomic E-state index is 12.8. The minimum atomic E-state index is -0.0766. The first-order valence-electron chi connectivity index (χ1n) is 24.6. The smallest absolute Gasteiger partial charge is 0.306 e. The summed E-state index contributed by atoms with van der Waals surface area (Å²) in [6.45, 7) is 11.3. The van der Waals surface area contributed by atoms with E-state index in [-0.39, 0.29) is 24.6 Å². The van der Waals surface area contributed by atoms with Gasteiger partial charge in [0.2, 0.25) is 0 Å². The molecule has 0 aliphatic heterocycles. The average molecular weight is 805 g/mol. The summed E-state index contributed by atoms with van der Waals surface area (Å²) in [5.41, 5.74) is 0.614. The summed E-state index contributed by atoms with van der Waals surface area (Å²) >= 11 is 0. The monoisotopic (exact) mass is 805 g/mol. The maximum Gasteiger partial charge on any atom is 0.306 e. The van der Waals surface area contributed by atoms with Crippen molar-refractivity contribution in [3.8, 4) is 0 Å². The highest BCUT2D eigenvalue weighted by Gasteiger charge is 2.14. The first-order valence-corrected chi connectivity index (χ1v) is 24.6. The fraction of sp³-hybridized carbons (Fsp3) is 0.917. The minimum Gasteiger partial charge on any atom is -0.466 e. The third-order valence-electron chi connectivity index (χ3n) is 11.4. The van der Waals surface area contributed by atoms with Gasteiger partial charge in [0.25, 0.3) is 0 Å². The zero-order valence-electron chi connectivity index (χ0n) is 37.8. The number of aliphatic hydroxyl groups excluding tert-OH is 1. The molecule has 9 nitrogen and oxygen atoms in total. The van der Waals surface area contributed by atoms with Crippen molar-refractivity contribution in [2.75, 3.05) is 26.2 Å². The summed E-state index contributed by atoms with van der Waals surface area (Å²) in [6.07, 6.45) is 41.1. The molecule has 0 saturated carbocycles. The Morgan fingerprint density at radius 2 is 1.02 bits per heavy atom. The van der Waals surface area contributed by atoms with Gasteiger partial charge in [0.1, 0.15) is 11.8 Å². The third kappa shape index (κ3) is 34.6. The molecule has 0 unspecified atom stereocenters. The van der Waals surface area contributed by atoms with Crippen LogP contribution in [0.15, 0.2) is 6.20 Å². The van der Waals surface area contributed by atoms with Gasteiger partial charge < -0.3 is 19.5 Å². The summed E-state index contributed by atoms with van der Waals surface area (Å²) < 4.78 is 13.4. The lowest BCUT2D eigenvalue weighted by Gasteiger charge is -2.22. The zero-order valence-corrected chi connectivity index (χ0v) is 37.8. The Kier molecular flexibility index (Phi) is 37.9. The lowest BCUT2D eigenvalue weighted by molar-refractivity contribution is -0.150. The second kappa shape index (κ2) is 40.8. The van der Waals surface area contributed by atoms with Crippen LogP contribution in [-0.4, -0.2) is 69.3 Å². The normalized spacial score (nSPS) is 11.6. The van der Waals surface area contributed by atoms with E-state index in [1.54, 1.807) is 0 Å². The first-order chi connectivity index (χ1) is 28.0. The summed E-state index contributed by atoms with van der Waals surface area (Å²) in [6, 6.07) is 0. The van der Waals surface area contributed by atoms with Gasteiger partial charge in [0.15, 0.2) is 0 Å². The van der Waals surface area contributed by atoms with Crippen molar-refractivity contribution in [3.05, 3.63) is 11.9 Å². The van der Waals surface area contributed by atoms with Crippen molar-refractivity contribution >= 4 is 11.9 Å². The molecule has 0 atom stereocenters. The number of unbranched alkanes of at least 4 members (excludes halogenated alkanes) is 24. The van der Waals surface area contributed by atoms with Gasteiger partial charge in [0.05, 0.1) is 19.4 Å². The Bertz CT molecular complexity index is 1000. The predicted octanol–water partition coefficient (Wildman–Crippen LogP) is 12.9. The largest absolute Gasteiger partial charge is 0.466 e. The van der Waals surface area contributed by atoms with E-state index in [9.17, 15) is 14.7 Å². The zero-order chi connectivity index (χ0) is 41.3. The van der Waals surface area contributed by atoms with E-state index in [2.05, 4.69) is 36.0 Å². The van der Waals surface area contributed by atoms with Gasteiger partial charge in [0, 0.05) is 19.4 Å². The molecule has 0 fully saturated rings. The molecule has 57 heavy (non-hydrogen) atoms. The number of carbonyl (C=O) groups is 2. The van der Waals surface area contributed by atoms with E-state index in [4.69, 9.17) is 9.47 Å². The van der Waals surface area contributed by atoms with Crippen LogP contribution >= 0.6 is 0 Å². The number of hydrogen-bond acceptors (Lipinski definition) is 8. The predicted molar refractivity (Wildman–Crippen MR) is 237 cm³/mol. The number of carbonyl (C=O) groups excluding carboxylic acids is 2. The lowest BCUT2D eigenvalue weighted by Crippen LogP contribution is -2.28. The SMILES string of the molecule is CCCCCCCCCOC(=O)CCCCCCCN(CCCCCCCC(=O)OC(CCCCCCCC)CCCCCCCC)CCCn1cc(CO)nn1. The highest BCUT2D eigenvalue weighted by atomic mass is 16.5. The van der Waals surface area contributed by atoms with Crippen LogP contribution in [-0.2, 0) is 32.2 Å².